The van der Waals surface area contributed by atoms with Crippen molar-refractivity contribution in [1.82, 2.24) is 9.80 Å². The van der Waals surface area contributed by atoms with Crippen LogP contribution in [-0.4, -0.2) is 47.3 Å². The smallest absolute Gasteiger partial charge is 0.253 e. The number of nitrogens with one attached hydrogen (secondary N) is 1. The van der Waals surface area contributed by atoms with E-state index in [-0.39, 0.29) is 11.8 Å². The van der Waals surface area contributed by atoms with E-state index in [1.54, 1.807) is 24.3 Å². The predicted octanol–water partition coefficient (Wildman–Crippen LogP) is 2.92. The average molecular weight is 363 g/mol. The molecule has 27 heavy (non-hydrogen) atoms. The molecular formula is C22H25N3O2. The summed E-state index contributed by atoms with van der Waals surface area (Å²) in [6.07, 6.45) is 2.11. The molecular weight excluding hydrogens is 338 g/mol. The van der Waals surface area contributed by atoms with Crippen LogP contribution in [0.2, 0.25) is 0 Å². The molecule has 0 unspecified atom stereocenters. The molecule has 1 atom stereocenters. The molecule has 0 saturated carbocycles. The zero-order valence-corrected chi connectivity index (χ0v) is 15.6. The van der Waals surface area contributed by atoms with Crippen molar-refractivity contribution < 1.29 is 9.59 Å². The van der Waals surface area contributed by atoms with Gasteiger partial charge in [-0.25, -0.2) is 0 Å². The lowest BCUT2D eigenvalue weighted by molar-refractivity contribution is -0.114. The summed E-state index contributed by atoms with van der Waals surface area (Å²) < 4.78 is 0. The fourth-order valence-electron chi connectivity index (χ4n) is 4.14. The Balaban J connectivity index is 1.38. The number of carbonyl (C=O) groups is 2. The highest BCUT2D eigenvalue weighted by Gasteiger charge is 2.32. The Hall–Kier alpha value is -2.66. The average Bonchev–Trinajstić information content (AvgIpc) is 3.17. The first kappa shape index (κ1) is 17.7. The van der Waals surface area contributed by atoms with E-state index in [0.29, 0.717) is 17.3 Å². The van der Waals surface area contributed by atoms with Gasteiger partial charge in [0.1, 0.15) is 0 Å². The highest BCUT2D eigenvalue weighted by atomic mass is 16.2. The normalized spacial score (nSPS) is 19.6. The Bertz CT molecular complexity index is 847. The van der Waals surface area contributed by atoms with Crippen molar-refractivity contribution in [3.05, 3.63) is 65.2 Å². The molecule has 1 saturated heterocycles. The molecule has 2 aromatic carbocycles. The number of nitrogens with zero attached hydrogens (tertiary/aromatic N) is 2. The first-order valence-corrected chi connectivity index (χ1v) is 9.58. The maximum atomic E-state index is 12.8. The number of carbonyl (C=O) groups excluding carboxylic acids is 2. The fourth-order valence-corrected chi connectivity index (χ4v) is 4.14. The molecule has 140 valence electrons. The van der Waals surface area contributed by atoms with Crippen molar-refractivity contribution in [3.63, 3.8) is 0 Å². The monoisotopic (exact) mass is 363 g/mol. The largest absolute Gasteiger partial charge is 0.337 e. The summed E-state index contributed by atoms with van der Waals surface area (Å²) in [7, 11) is 0. The van der Waals surface area contributed by atoms with Gasteiger partial charge in [0.2, 0.25) is 5.91 Å². The zero-order valence-electron chi connectivity index (χ0n) is 15.6. The van der Waals surface area contributed by atoms with Gasteiger partial charge >= 0.3 is 0 Å². The van der Waals surface area contributed by atoms with Crippen molar-refractivity contribution in [2.75, 3.05) is 25.0 Å². The van der Waals surface area contributed by atoms with Crippen molar-refractivity contribution in [3.8, 4) is 0 Å². The van der Waals surface area contributed by atoms with E-state index >= 15 is 0 Å². The molecule has 2 aliphatic rings. The van der Waals surface area contributed by atoms with E-state index in [4.69, 9.17) is 0 Å². The molecule has 2 aromatic rings. The van der Waals surface area contributed by atoms with Gasteiger partial charge in [-0.2, -0.15) is 0 Å². The zero-order chi connectivity index (χ0) is 18.8. The first-order valence-electron chi connectivity index (χ1n) is 9.58. The first-order chi connectivity index (χ1) is 13.1. The van der Waals surface area contributed by atoms with Crippen LogP contribution >= 0.6 is 0 Å². The molecule has 0 aromatic heterocycles. The fraction of sp³-hybridized carbons (Fsp3) is 0.364. The molecule has 2 amide bonds. The number of benzene rings is 2. The van der Waals surface area contributed by atoms with E-state index in [1.807, 2.05) is 4.90 Å². The molecule has 2 aliphatic heterocycles. The topological polar surface area (TPSA) is 52.7 Å². The predicted molar refractivity (Wildman–Crippen MR) is 106 cm³/mol. The molecule has 1 fully saturated rings. The van der Waals surface area contributed by atoms with E-state index in [1.165, 1.54) is 18.1 Å². The minimum atomic E-state index is -0.112. The second-order valence-electron chi connectivity index (χ2n) is 7.44. The van der Waals surface area contributed by atoms with Gasteiger partial charge in [0.05, 0.1) is 0 Å². The lowest BCUT2D eigenvalue weighted by Gasteiger charge is -2.33. The second kappa shape index (κ2) is 7.53. The Kier molecular flexibility index (Phi) is 4.94. The maximum absolute atomic E-state index is 12.8. The molecule has 1 N–H and O–H groups in total. The summed E-state index contributed by atoms with van der Waals surface area (Å²) in [5.41, 5.74) is 4.26. The number of fused-ring (bicyclic) bond motifs is 1. The van der Waals surface area contributed by atoms with Crippen molar-refractivity contribution in [2.24, 2.45) is 0 Å². The molecule has 2 heterocycles. The van der Waals surface area contributed by atoms with Gasteiger partial charge in [-0.05, 0) is 48.2 Å². The van der Waals surface area contributed by atoms with Crippen LogP contribution in [0.5, 0.6) is 0 Å². The third-order valence-corrected chi connectivity index (χ3v) is 5.58. The van der Waals surface area contributed by atoms with Crippen LogP contribution < -0.4 is 5.32 Å². The minimum Gasteiger partial charge on any atom is -0.337 e. The van der Waals surface area contributed by atoms with Gasteiger partial charge in [-0.3, -0.25) is 14.5 Å². The standard InChI is InChI=1S/C22H25N3O2/c1-16(26)23-20-8-6-18(7-9-20)22(27)25-13-11-21(15-25)24-12-10-17-4-2-3-5-19(17)14-24/h2-9,21H,10-15H2,1H3,(H,23,26)/t21-/m0/s1. The molecule has 0 radical (unpaired) electrons. The lowest BCUT2D eigenvalue weighted by Crippen LogP contribution is -2.41. The van der Waals surface area contributed by atoms with E-state index in [2.05, 4.69) is 34.5 Å². The number of likely N-dealkylation sites (tertiary alicyclic amines) is 1. The number of rotatable bonds is 3. The number of hydrogen-bond acceptors (Lipinski definition) is 3. The summed E-state index contributed by atoms with van der Waals surface area (Å²) >= 11 is 0. The number of amides is 2. The Labute approximate surface area is 160 Å². The van der Waals surface area contributed by atoms with Gasteiger partial charge in [0.15, 0.2) is 0 Å². The number of hydrogen-bond donors (Lipinski definition) is 1. The summed E-state index contributed by atoms with van der Waals surface area (Å²) in [5.74, 6) is -0.0381. The third-order valence-electron chi connectivity index (χ3n) is 5.58. The van der Waals surface area contributed by atoms with E-state index in [0.717, 1.165) is 39.0 Å². The molecule has 4 rings (SSSR count). The van der Waals surface area contributed by atoms with Gasteiger partial charge < -0.3 is 10.2 Å². The maximum Gasteiger partial charge on any atom is 0.253 e. The third kappa shape index (κ3) is 3.88. The highest BCUT2D eigenvalue weighted by Crippen LogP contribution is 2.25. The van der Waals surface area contributed by atoms with Crippen molar-refractivity contribution >= 4 is 17.5 Å². The van der Waals surface area contributed by atoms with Crippen LogP contribution in [0.3, 0.4) is 0 Å². The van der Waals surface area contributed by atoms with Crippen LogP contribution in [0.1, 0.15) is 34.8 Å². The highest BCUT2D eigenvalue weighted by molar-refractivity contribution is 5.95. The summed E-state index contributed by atoms with van der Waals surface area (Å²) in [5, 5.41) is 2.73. The lowest BCUT2D eigenvalue weighted by atomic mass is 9.98. The minimum absolute atomic E-state index is 0.0734. The number of anilines is 1. The SMILES string of the molecule is CC(=O)Nc1ccc(C(=O)N2CC[C@H](N3CCc4ccccc4C3)C2)cc1. The van der Waals surface area contributed by atoms with Crippen molar-refractivity contribution in [2.45, 2.75) is 32.4 Å². The summed E-state index contributed by atoms with van der Waals surface area (Å²) in [6.45, 7) is 5.11. The van der Waals surface area contributed by atoms with Gasteiger partial charge in [-0.1, -0.05) is 24.3 Å². The molecule has 5 nitrogen and oxygen atoms in total. The van der Waals surface area contributed by atoms with Crippen LogP contribution in [0.15, 0.2) is 48.5 Å². The summed E-state index contributed by atoms with van der Waals surface area (Å²) in [6, 6.07) is 16.2. The van der Waals surface area contributed by atoms with Gasteiger partial charge in [0.25, 0.3) is 5.91 Å². The molecule has 5 heteroatoms. The Morgan fingerprint density at radius 2 is 1.74 bits per heavy atom. The molecule has 0 aliphatic carbocycles. The molecule has 0 spiro atoms. The molecule has 0 bridgehead atoms. The van der Waals surface area contributed by atoms with E-state index in [9.17, 15) is 9.59 Å². The van der Waals surface area contributed by atoms with Crippen LogP contribution in [0.4, 0.5) is 5.69 Å². The van der Waals surface area contributed by atoms with Crippen molar-refractivity contribution in [1.29, 1.82) is 0 Å². The van der Waals surface area contributed by atoms with Crippen LogP contribution in [0.25, 0.3) is 0 Å². The van der Waals surface area contributed by atoms with Crippen LogP contribution in [0, 0.1) is 0 Å². The van der Waals surface area contributed by atoms with E-state index < -0.39 is 0 Å². The van der Waals surface area contributed by atoms with Gasteiger partial charge in [-0.15, -0.1) is 0 Å². The summed E-state index contributed by atoms with van der Waals surface area (Å²) in [4.78, 5) is 28.4. The Morgan fingerprint density at radius 3 is 2.48 bits per heavy atom. The van der Waals surface area contributed by atoms with Crippen LogP contribution in [-0.2, 0) is 17.8 Å². The quantitative estimate of drug-likeness (QED) is 0.912. The second-order valence-corrected chi connectivity index (χ2v) is 7.44. The Morgan fingerprint density at radius 1 is 1.00 bits per heavy atom. The van der Waals surface area contributed by atoms with Gasteiger partial charge in [0, 0.05) is 50.4 Å².